The van der Waals surface area contributed by atoms with Crippen molar-refractivity contribution in [3.8, 4) is 0 Å². The summed E-state index contributed by atoms with van der Waals surface area (Å²) < 4.78 is 5.83. The fourth-order valence-electron chi connectivity index (χ4n) is 4.09. The van der Waals surface area contributed by atoms with Crippen molar-refractivity contribution < 1.29 is 18.8 Å². The molecule has 1 saturated carbocycles. The molecule has 1 unspecified atom stereocenters. The molecule has 0 saturated heterocycles. The normalized spacial score (nSPS) is 14.6. The molecule has 0 bridgehead atoms. The van der Waals surface area contributed by atoms with E-state index < -0.39 is 11.9 Å². The second-order valence-corrected chi connectivity index (χ2v) is 9.05. The quantitative estimate of drug-likeness (QED) is 0.521. The van der Waals surface area contributed by atoms with E-state index in [0.29, 0.717) is 22.1 Å². The van der Waals surface area contributed by atoms with Crippen LogP contribution in [-0.2, 0) is 9.59 Å². The molecule has 0 aliphatic heterocycles. The molecular formula is C25H27N3O4S. The van der Waals surface area contributed by atoms with Crippen molar-refractivity contribution in [2.75, 3.05) is 11.4 Å². The fraction of sp³-hybridized carbons (Fsp3) is 0.320. The summed E-state index contributed by atoms with van der Waals surface area (Å²) >= 11 is 1.30. The van der Waals surface area contributed by atoms with Crippen LogP contribution in [0.4, 0.5) is 5.69 Å². The highest BCUT2D eigenvalue weighted by Gasteiger charge is 2.36. The third-order valence-electron chi connectivity index (χ3n) is 5.69. The lowest BCUT2D eigenvalue weighted by Crippen LogP contribution is -2.49. The number of rotatable bonds is 8. The van der Waals surface area contributed by atoms with Crippen molar-refractivity contribution in [1.82, 2.24) is 10.6 Å². The first kappa shape index (κ1) is 22.8. The number of anilines is 1. The van der Waals surface area contributed by atoms with Crippen LogP contribution in [-0.4, -0.2) is 30.3 Å². The minimum atomic E-state index is -0.993. The zero-order chi connectivity index (χ0) is 23.2. The fourth-order valence-corrected chi connectivity index (χ4v) is 4.73. The first-order chi connectivity index (χ1) is 16.0. The first-order valence-electron chi connectivity index (χ1n) is 11.1. The van der Waals surface area contributed by atoms with E-state index in [9.17, 15) is 14.4 Å². The SMILES string of the molecule is Cc1ccc(C(C(=O)NC2CCCC2)N(C(=O)CNC(=O)c2cccs2)c2ccccc2)o1. The maximum absolute atomic E-state index is 13.5. The molecule has 4 rings (SSSR count). The number of nitrogens with one attached hydrogen (secondary N) is 2. The minimum Gasteiger partial charge on any atom is -0.464 e. The van der Waals surface area contributed by atoms with Gasteiger partial charge in [0.05, 0.1) is 11.4 Å². The third-order valence-corrected chi connectivity index (χ3v) is 6.56. The molecule has 2 aromatic heterocycles. The summed E-state index contributed by atoms with van der Waals surface area (Å²) in [6.07, 6.45) is 3.99. The summed E-state index contributed by atoms with van der Waals surface area (Å²) in [5.74, 6) is -0.00293. The number of aryl methyl sites for hydroxylation is 1. The summed E-state index contributed by atoms with van der Waals surface area (Å²) in [4.78, 5) is 41.3. The van der Waals surface area contributed by atoms with E-state index in [4.69, 9.17) is 4.42 Å². The van der Waals surface area contributed by atoms with E-state index in [0.717, 1.165) is 25.7 Å². The maximum Gasteiger partial charge on any atom is 0.261 e. The van der Waals surface area contributed by atoms with Gasteiger partial charge in [-0.15, -0.1) is 11.3 Å². The highest BCUT2D eigenvalue weighted by atomic mass is 32.1. The topological polar surface area (TPSA) is 91.7 Å². The lowest BCUT2D eigenvalue weighted by Gasteiger charge is -2.31. The molecule has 1 aliphatic carbocycles. The Morgan fingerprint density at radius 1 is 1.06 bits per heavy atom. The summed E-state index contributed by atoms with van der Waals surface area (Å²) in [7, 11) is 0. The van der Waals surface area contributed by atoms with Gasteiger partial charge in [-0.1, -0.05) is 37.1 Å². The molecule has 3 amide bonds. The molecule has 172 valence electrons. The Morgan fingerprint density at radius 3 is 2.45 bits per heavy atom. The summed E-state index contributed by atoms with van der Waals surface area (Å²) in [6.45, 7) is 1.55. The van der Waals surface area contributed by atoms with Gasteiger partial charge in [-0.3, -0.25) is 19.3 Å². The molecule has 1 atom stereocenters. The van der Waals surface area contributed by atoms with Gasteiger partial charge in [0.1, 0.15) is 11.5 Å². The van der Waals surface area contributed by atoms with E-state index in [1.54, 1.807) is 60.8 Å². The van der Waals surface area contributed by atoms with E-state index >= 15 is 0 Å². The highest BCUT2D eigenvalue weighted by molar-refractivity contribution is 7.12. The molecule has 2 N–H and O–H groups in total. The number of furan rings is 1. The smallest absolute Gasteiger partial charge is 0.261 e. The van der Waals surface area contributed by atoms with Crippen LogP contribution < -0.4 is 15.5 Å². The van der Waals surface area contributed by atoms with Crippen molar-refractivity contribution in [3.05, 3.63) is 76.4 Å². The summed E-state index contributed by atoms with van der Waals surface area (Å²) in [5.41, 5.74) is 0.550. The van der Waals surface area contributed by atoms with Crippen molar-refractivity contribution in [1.29, 1.82) is 0 Å². The predicted octanol–water partition coefficient (Wildman–Crippen LogP) is 4.21. The Kier molecular flexibility index (Phi) is 7.24. The first-order valence-corrected chi connectivity index (χ1v) is 12.0. The van der Waals surface area contributed by atoms with Crippen molar-refractivity contribution in [2.45, 2.75) is 44.7 Å². The molecule has 1 aliphatic rings. The molecule has 2 heterocycles. The van der Waals surface area contributed by atoms with Crippen LogP contribution in [0.5, 0.6) is 0 Å². The van der Waals surface area contributed by atoms with Crippen molar-refractivity contribution in [2.24, 2.45) is 0 Å². The Hall–Kier alpha value is -3.39. The van der Waals surface area contributed by atoms with Gasteiger partial charge in [0.2, 0.25) is 5.91 Å². The van der Waals surface area contributed by atoms with Crippen LogP contribution in [0.2, 0.25) is 0 Å². The number of nitrogens with zero attached hydrogens (tertiary/aromatic N) is 1. The monoisotopic (exact) mass is 465 g/mol. The zero-order valence-electron chi connectivity index (χ0n) is 18.5. The van der Waals surface area contributed by atoms with Crippen LogP contribution in [0.15, 0.2) is 64.4 Å². The molecule has 33 heavy (non-hydrogen) atoms. The van der Waals surface area contributed by atoms with E-state index in [1.165, 1.54) is 16.2 Å². The van der Waals surface area contributed by atoms with Crippen LogP contribution in [0, 0.1) is 6.92 Å². The van der Waals surface area contributed by atoms with Gasteiger partial charge >= 0.3 is 0 Å². The molecule has 1 aromatic carbocycles. The maximum atomic E-state index is 13.5. The largest absolute Gasteiger partial charge is 0.464 e. The molecule has 1 fully saturated rings. The van der Waals surface area contributed by atoms with E-state index in [2.05, 4.69) is 10.6 Å². The second kappa shape index (κ2) is 10.5. The Bertz CT molecular complexity index is 1090. The molecule has 7 nitrogen and oxygen atoms in total. The lowest BCUT2D eigenvalue weighted by atomic mass is 10.1. The Balaban J connectivity index is 1.63. The molecule has 0 spiro atoms. The van der Waals surface area contributed by atoms with Gasteiger partial charge in [-0.05, 0) is 55.5 Å². The second-order valence-electron chi connectivity index (χ2n) is 8.10. The molecule has 0 radical (unpaired) electrons. The third kappa shape index (κ3) is 5.51. The number of carbonyl (C=O) groups is 3. The number of para-hydroxylation sites is 1. The number of benzene rings is 1. The van der Waals surface area contributed by atoms with E-state index in [1.807, 2.05) is 6.07 Å². The van der Waals surface area contributed by atoms with Gasteiger partial charge in [0.25, 0.3) is 11.8 Å². The minimum absolute atomic E-state index is 0.0855. The average molecular weight is 466 g/mol. The number of amides is 3. The van der Waals surface area contributed by atoms with Gasteiger partial charge in [-0.25, -0.2) is 0 Å². The van der Waals surface area contributed by atoms with Gasteiger partial charge < -0.3 is 15.1 Å². The van der Waals surface area contributed by atoms with Crippen LogP contribution in [0.1, 0.15) is 52.9 Å². The van der Waals surface area contributed by atoms with Gasteiger partial charge in [0, 0.05) is 11.7 Å². The molecular weight excluding hydrogens is 438 g/mol. The molecule has 8 heteroatoms. The van der Waals surface area contributed by atoms with Gasteiger partial charge in [-0.2, -0.15) is 0 Å². The Morgan fingerprint density at radius 2 is 1.82 bits per heavy atom. The zero-order valence-corrected chi connectivity index (χ0v) is 19.3. The number of carbonyl (C=O) groups excluding carboxylic acids is 3. The van der Waals surface area contributed by atoms with Crippen molar-refractivity contribution in [3.63, 3.8) is 0 Å². The van der Waals surface area contributed by atoms with Crippen LogP contribution in [0.25, 0.3) is 0 Å². The molecule has 3 aromatic rings. The van der Waals surface area contributed by atoms with Crippen LogP contribution in [0.3, 0.4) is 0 Å². The Labute approximate surface area is 196 Å². The lowest BCUT2D eigenvalue weighted by molar-refractivity contribution is -0.127. The number of hydrogen-bond acceptors (Lipinski definition) is 5. The standard InChI is InChI=1S/C25H27N3O4S/c1-17-13-14-20(32-17)23(25(31)27-18-8-5-6-9-18)28(19-10-3-2-4-11-19)22(29)16-26-24(30)21-12-7-15-33-21/h2-4,7,10-15,18,23H,5-6,8-9,16H2,1H3,(H,26,30)(H,27,31). The summed E-state index contributed by atoms with van der Waals surface area (Å²) in [5, 5.41) is 7.58. The number of thiophene rings is 1. The van der Waals surface area contributed by atoms with E-state index in [-0.39, 0.29) is 24.4 Å². The predicted molar refractivity (Wildman–Crippen MR) is 127 cm³/mol. The number of hydrogen-bond donors (Lipinski definition) is 2. The van der Waals surface area contributed by atoms with Gasteiger partial charge in [0.15, 0.2) is 6.04 Å². The highest BCUT2D eigenvalue weighted by Crippen LogP contribution is 2.30. The average Bonchev–Trinajstić information content (AvgIpc) is 3.59. The van der Waals surface area contributed by atoms with Crippen molar-refractivity contribution >= 4 is 34.7 Å². The van der Waals surface area contributed by atoms with Crippen LogP contribution >= 0.6 is 11.3 Å². The summed E-state index contributed by atoms with van der Waals surface area (Å²) in [6, 6.07) is 15.1.